The molecule has 2 unspecified atom stereocenters. The van der Waals surface area contributed by atoms with Gasteiger partial charge in [-0.05, 0) is 32.3 Å². The van der Waals surface area contributed by atoms with Crippen LogP contribution in [0.15, 0.2) is 30.3 Å². The molecule has 0 radical (unpaired) electrons. The smallest absolute Gasteiger partial charge is 0.327 e. The molecular weight excluding hydrogens is 462 g/mol. The first-order valence-electron chi connectivity index (χ1n) is 12.3. The Hall–Kier alpha value is -3.40. The molecule has 2 aliphatic rings. The second kappa shape index (κ2) is 9.93. The average Bonchev–Trinajstić information content (AvgIpc) is 3.54. The van der Waals surface area contributed by atoms with Crippen molar-refractivity contribution < 1.29 is 24.2 Å². The van der Waals surface area contributed by atoms with Gasteiger partial charge in [-0.25, -0.2) is 4.79 Å². The lowest BCUT2D eigenvalue weighted by Crippen LogP contribution is -2.59. The molecule has 10 heteroatoms. The monoisotopic (exact) mass is 497 g/mol. The summed E-state index contributed by atoms with van der Waals surface area (Å²) in [5.41, 5.74) is 0.264. The van der Waals surface area contributed by atoms with Crippen molar-refractivity contribution in [3.63, 3.8) is 0 Å². The summed E-state index contributed by atoms with van der Waals surface area (Å²) < 4.78 is 7.06. The van der Waals surface area contributed by atoms with Gasteiger partial charge in [0.15, 0.2) is 11.6 Å². The summed E-state index contributed by atoms with van der Waals surface area (Å²) in [7, 11) is 3.32. The van der Waals surface area contributed by atoms with Crippen LogP contribution in [-0.4, -0.2) is 76.4 Å². The Balaban J connectivity index is 1.80. The van der Waals surface area contributed by atoms with E-state index in [-0.39, 0.29) is 18.5 Å². The van der Waals surface area contributed by atoms with E-state index in [0.717, 1.165) is 18.4 Å². The van der Waals surface area contributed by atoms with Gasteiger partial charge in [-0.2, -0.15) is 9.78 Å². The Labute approximate surface area is 211 Å². The minimum atomic E-state index is -1.11. The van der Waals surface area contributed by atoms with Crippen LogP contribution in [-0.2, 0) is 11.3 Å². The molecule has 1 N–H and O–H groups in total. The molecule has 4 rings (SSSR count). The van der Waals surface area contributed by atoms with Gasteiger partial charge in [0.2, 0.25) is 5.91 Å². The number of nitrogens with zero attached hydrogens (tertiary/aromatic N) is 5. The molecule has 2 saturated heterocycles. The molecule has 2 aliphatic heterocycles. The molecular formula is C26H35N5O5. The van der Waals surface area contributed by atoms with Gasteiger partial charge >= 0.3 is 6.03 Å². The third kappa shape index (κ3) is 4.34. The van der Waals surface area contributed by atoms with E-state index in [0.29, 0.717) is 36.9 Å². The Kier molecular flexibility index (Phi) is 7.08. The van der Waals surface area contributed by atoms with Crippen molar-refractivity contribution in [3.05, 3.63) is 41.6 Å². The van der Waals surface area contributed by atoms with Crippen molar-refractivity contribution >= 4 is 23.7 Å². The number of methoxy groups -OCH3 is 1. The van der Waals surface area contributed by atoms with E-state index in [4.69, 9.17) is 4.74 Å². The number of imide groups is 1. The number of β-lactam (4-membered cyclic amide) rings is 1. The normalized spacial score (nSPS) is 19.9. The SMILES string of the molecule is COc1c(C2C(C)C(=O)N2C(=O)N2CCCC2)nn(C(=O)C(C)(C)CO)c1N(C)Cc1ccccc1. The summed E-state index contributed by atoms with van der Waals surface area (Å²) in [5, 5.41) is 14.5. The molecule has 36 heavy (non-hydrogen) atoms. The number of aliphatic hydroxyl groups excluding tert-OH is 1. The molecule has 0 aliphatic carbocycles. The van der Waals surface area contributed by atoms with E-state index in [2.05, 4.69) is 5.10 Å². The summed E-state index contributed by atoms with van der Waals surface area (Å²) >= 11 is 0. The van der Waals surface area contributed by atoms with E-state index >= 15 is 0 Å². The molecule has 2 fully saturated rings. The first-order chi connectivity index (χ1) is 17.1. The highest BCUT2D eigenvalue weighted by atomic mass is 16.5. The third-order valence-electron chi connectivity index (χ3n) is 7.08. The molecule has 3 heterocycles. The second-order valence-electron chi connectivity index (χ2n) is 10.3. The van der Waals surface area contributed by atoms with Gasteiger partial charge in [0.05, 0.1) is 25.0 Å². The number of ether oxygens (including phenoxy) is 1. The molecule has 194 valence electrons. The molecule has 1 aromatic heterocycles. The van der Waals surface area contributed by atoms with Crippen molar-refractivity contribution in [3.8, 4) is 5.75 Å². The minimum absolute atomic E-state index is 0.269. The molecule has 3 amide bonds. The van der Waals surface area contributed by atoms with E-state index in [1.54, 1.807) is 25.7 Å². The summed E-state index contributed by atoms with van der Waals surface area (Å²) in [4.78, 5) is 44.4. The number of likely N-dealkylation sites (tertiary alicyclic amines) is 2. The van der Waals surface area contributed by atoms with E-state index in [1.165, 1.54) is 16.7 Å². The fraction of sp³-hybridized carbons (Fsp3) is 0.538. The number of anilines is 1. The zero-order chi connectivity index (χ0) is 26.2. The maximum absolute atomic E-state index is 13.6. The Morgan fingerprint density at radius 2 is 1.83 bits per heavy atom. The number of carbonyl (C=O) groups excluding carboxylic acids is 3. The second-order valence-corrected chi connectivity index (χ2v) is 10.3. The summed E-state index contributed by atoms with van der Waals surface area (Å²) in [5.74, 6) is -0.445. The largest absolute Gasteiger partial charge is 0.491 e. The maximum Gasteiger partial charge on any atom is 0.327 e. The summed E-state index contributed by atoms with van der Waals surface area (Å²) in [6.07, 6.45) is 1.82. The van der Waals surface area contributed by atoms with Gasteiger partial charge in [-0.15, -0.1) is 0 Å². The van der Waals surface area contributed by atoms with Gasteiger partial charge in [0, 0.05) is 26.7 Å². The number of benzene rings is 1. The van der Waals surface area contributed by atoms with Crippen LogP contribution in [0.2, 0.25) is 0 Å². The Bertz CT molecular complexity index is 1140. The van der Waals surface area contributed by atoms with Gasteiger partial charge in [-0.3, -0.25) is 14.5 Å². The molecule has 2 aromatic rings. The van der Waals surface area contributed by atoms with Crippen molar-refractivity contribution in [1.29, 1.82) is 0 Å². The fourth-order valence-electron chi connectivity index (χ4n) is 4.83. The van der Waals surface area contributed by atoms with Crippen molar-refractivity contribution in [2.75, 3.05) is 38.8 Å². The zero-order valence-corrected chi connectivity index (χ0v) is 21.6. The Morgan fingerprint density at radius 3 is 2.42 bits per heavy atom. The molecule has 0 spiro atoms. The van der Waals surface area contributed by atoms with Crippen LogP contribution in [0.25, 0.3) is 0 Å². The zero-order valence-electron chi connectivity index (χ0n) is 21.6. The number of amides is 3. The lowest BCUT2D eigenvalue weighted by molar-refractivity contribution is -0.150. The van der Waals surface area contributed by atoms with Crippen LogP contribution in [0.4, 0.5) is 10.6 Å². The van der Waals surface area contributed by atoms with E-state index in [9.17, 15) is 19.5 Å². The standard InChI is InChI=1S/C26H35N5O5/c1-17-20(30(23(17)33)25(35)29-13-9-10-14-29)19-21(36-5)22(28(4)15-18-11-7-6-8-12-18)31(27-19)24(34)26(2,3)16-32/h6-8,11-12,17,20,32H,9-10,13-16H2,1-5H3. The van der Waals surface area contributed by atoms with Crippen molar-refractivity contribution in [2.24, 2.45) is 11.3 Å². The number of urea groups is 1. The van der Waals surface area contributed by atoms with Crippen LogP contribution in [0.1, 0.15) is 55.7 Å². The topological polar surface area (TPSA) is 108 Å². The van der Waals surface area contributed by atoms with Crippen LogP contribution in [0.3, 0.4) is 0 Å². The number of carbonyl (C=O) groups is 3. The first-order valence-corrected chi connectivity index (χ1v) is 12.3. The fourth-order valence-corrected chi connectivity index (χ4v) is 4.83. The third-order valence-corrected chi connectivity index (χ3v) is 7.08. The maximum atomic E-state index is 13.6. The quantitative estimate of drug-likeness (QED) is 0.586. The van der Waals surface area contributed by atoms with Gasteiger partial charge < -0.3 is 19.6 Å². The van der Waals surface area contributed by atoms with Crippen LogP contribution in [0.5, 0.6) is 5.75 Å². The van der Waals surface area contributed by atoms with E-state index < -0.39 is 23.3 Å². The van der Waals surface area contributed by atoms with Crippen LogP contribution < -0.4 is 9.64 Å². The number of hydrogen-bond donors (Lipinski definition) is 1. The molecule has 0 saturated carbocycles. The predicted molar refractivity (Wildman–Crippen MR) is 134 cm³/mol. The predicted octanol–water partition coefficient (Wildman–Crippen LogP) is 2.92. The number of aliphatic hydroxyl groups is 1. The number of aromatic nitrogens is 2. The van der Waals surface area contributed by atoms with Crippen LogP contribution in [0, 0.1) is 11.3 Å². The highest BCUT2D eigenvalue weighted by Gasteiger charge is 2.53. The average molecular weight is 498 g/mol. The van der Waals surface area contributed by atoms with Crippen molar-refractivity contribution in [2.45, 2.75) is 46.2 Å². The lowest BCUT2D eigenvalue weighted by atomic mass is 9.86. The van der Waals surface area contributed by atoms with Crippen molar-refractivity contribution in [1.82, 2.24) is 19.6 Å². The number of hydrogen-bond acceptors (Lipinski definition) is 7. The molecule has 2 atom stereocenters. The lowest BCUT2D eigenvalue weighted by Gasteiger charge is -2.44. The van der Waals surface area contributed by atoms with Gasteiger partial charge in [-0.1, -0.05) is 37.3 Å². The Morgan fingerprint density at radius 1 is 1.19 bits per heavy atom. The summed E-state index contributed by atoms with van der Waals surface area (Å²) in [6, 6.07) is 8.77. The molecule has 0 bridgehead atoms. The number of rotatable bonds is 7. The highest BCUT2D eigenvalue weighted by Crippen LogP contribution is 2.47. The molecule has 1 aromatic carbocycles. The highest BCUT2D eigenvalue weighted by molar-refractivity contribution is 6.01. The van der Waals surface area contributed by atoms with E-state index in [1.807, 2.05) is 42.3 Å². The van der Waals surface area contributed by atoms with Gasteiger partial charge in [0.1, 0.15) is 11.7 Å². The van der Waals surface area contributed by atoms with Gasteiger partial charge in [0.25, 0.3) is 5.91 Å². The summed E-state index contributed by atoms with van der Waals surface area (Å²) in [6.45, 7) is 6.36. The van der Waals surface area contributed by atoms with Crippen LogP contribution >= 0.6 is 0 Å². The minimum Gasteiger partial charge on any atom is -0.491 e. The first kappa shape index (κ1) is 25.7. The molecule has 10 nitrogen and oxygen atoms in total.